The lowest BCUT2D eigenvalue weighted by atomic mass is 10.1. The first-order valence-corrected chi connectivity index (χ1v) is 6.83. The fourth-order valence-corrected chi connectivity index (χ4v) is 2.51. The van der Waals surface area contributed by atoms with Crippen LogP contribution in [0, 0.1) is 6.92 Å². The number of aryl methyl sites for hydroxylation is 3. The van der Waals surface area contributed by atoms with Crippen molar-refractivity contribution in [3.05, 3.63) is 35.2 Å². The first-order valence-electron chi connectivity index (χ1n) is 6.83. The molecule has 1 aliphatic carbocycles. The summed E-state index contributed by atoms with van der Waals surface area (Å²) in [5.74, 6) is 0.0394. The summed E-state index contributed by atoms with van der Waals surface area (Å²) in [4.78, 5) is 9.93. The van der Waals surface area contributed by atoms with Crippen LogP contribution in [-0.2, 0) is 17.6 Å². The van der Waals surface area contributed by atoms with Gasteiger partial charge in [-0.2, -0.15) is 5.10 Å². The van der Waals surface area contributed by atoms with Crippen molar-refractivity contribution in [1.82, 2.24) is 14.9 Å². The van der Waals surface area contributed by atoms with Crippen LogP contribution in [0.4, 0.5) is 0 Å². The van der Waals surface area contributed by atoms with E-state index in [1.54, 1.807) is 0 Å². The van der Waals surface area contributed by atoms with Crippen molar-refractivity contribution in [1.29, 1.82) is 0 Å². The lowest BCUT2D eigenvalue weighted by molar-refractivity contribution is -0.118. The molecule has 0 radical (unpaired) electrons. The van der Waals surface area contributed by atoms with Crippen molar-refractivity contribution in [3.8, 4) is 0 Å². The van der Waals surface area contributed by atoms with Crippen LogP contribution in [0.15, 0.2) is 18.3 Å². The highest BCUT2D eigenvalue weighted by atomic mass is 16.1. The third-order valence-electron chi connectivity index (χ3n) is 3.27. The number of amides is 1. The first kappa shape index (κ1) is 13.6. The van der Waals surface area contributed by atoms with Gasteiger partial charge in [0, 0.05) is 19.7 Å². The molecule has 0 saturated heterocycles. The van der Waals surface area contributed by atoms with Crippen LogP contribution in [0.5, 0.6) is 0 Å². The minimum atomic E-state index is 0.0394. The van der Waals surface area contributed by atoms with Gasteiger partial charge in [-0.05, 0) is 56.4 Å². The zero-order valence-electron chi connectivity index (χ0n) is 11.9. The van der Waals surface area contributed by atoms with E-state index in [1.165, 1.54) is 42.8 Å². The molecule has 2 aromatic rings. The Kier molecular flexibility index (Phi) is 4.20. The molecule has 102 valence electrons. The lowest BCUT2D eigenvalue weighted by Crippen LogP contribution is -2.18. The van der Waals surface area contributed by atoms with Crippen molar-refractivity contribution < 1.29 is 4.79 Å². The second-order valence-corrected chi connectivity index (χ2v) is 4.88. The molecular weight excluding hydrogens is 238 g/mol. The zero-order valence-corrected chi connectivity index (χ0v) is 11.9. The second-order valence-electron chi connectivity index (χ2n) is 4.88. The SMILES string of the molecule is CCNC(C)=O.Cc1cc2c3c(ccn2n1)CCC3. The number of hydrogen-bond donors (Lipinski definition) is 1. The number of pyridine rings is 1. The van der Waals surface area contributed by atoms with Gasteiger partial charge in [0.25, 0.3) is 0 Å². The summed E-state index contributed by atoms with van der Waals surface area (Å²) < 4.78 is 2.00. The Labute approximate surface area is 113 Å². The van der Waals surface area contributed by atoms with E-state index in [-0.39, 0.29) is 5.91 Å². The number of nitrogens with zero attached hydrogens (tertiary/aromatic N) is 2. The molecule has 0 aromatic carbocycles. The number of aromatic nitrogens is 2. The van der Waals surface area contributed by atoms with E-state index in [0.29, 0.717) is 0 Å². The molecule has 0 bridgehead atoms. The standard InChI is InChI=1S/C11H12N2.C4H9NO/c1-8-7-11-10-4-2-3-9(10)5-6-13(11)12-8;1-3-5-4(2)6/h5-7H,2-4H2,1H3;3H2,1-2H3,(H,5,6). The van der Waals surface area contributed by atoms with Gasteiger partial charge in [-0.25, -0.2) is 4.52 Å². The normalized spacial score (nSPS) is 12.8. The monoisotopic (exact) mass is 259 g/mol. The molecule has 0 aliphatic heterocycles. The highest BCUT2D eigenvalue weighted by Crippen LogP contribution is 2.26. The fourth-order valence-electron chi connectivity index (χ4n) is 2.51. The van der Waals surface area contributed by atoms with Crippen molar-refractivity contribution in [3.63, 3.8) is 0 Å². The van der Waals surface area contributed by atoms with E-state index in [4.69, 9.17) is 0 Å². The molecule has 4 nitrogen and oxygen atoms in total. The number of rotatable bonds is 1. The smallest absolute Gasteiger partial charge is 0.216 e. The van der Waals surface area contributed by atoms with Gasteiger partial charge in [-0.15, -0.1) is 0 Å². The van der Waals surface area contributed by atoms with Crippen molar-refractivity contribution in [2.75, 3.05) is 6.54 Å². The van der Waals surface area contributed by atoms with E-state index in [9.17, 15) is 4.79 Å². The summed E-state index contributed by atoms with van der Waals surface area (Å²) in [7, 11) is 0. The van der Waals surface area contributed by atoms with E-state index in [1.807, 2.05) is 18.4 Å². The van der Waals surface area contributed by atoms with Crippen LogP contribution >= 0.6 is 0 Å². The Hall–Kier alpha value is -1.84. The van der Waals surface area contributed by atoms with Gasteiger partial charge >= 0.3 is 0 Å². The second kappa shape index (κ2) is 5.87. The summed E-state index contributed by atoms with van der Waals surface area (Å²) >= 11 is 0. The quantitative estimate of drug-likeness (QED) is 0.854. The highest BCUT2D eigenvalue weighted by molar-refractivity contribution is 5.72. The van der Waals surface area contributed by atoms with Crippen molar-refractivity contribution in [2.24, 2.45) is 0 Å². The van der Waals surface area contributed by atoms with Crippen LogP contribution in [0.25, 0.3) is 5.52 Å². The average Bonchev–Trinajstić information content (AvgIpc) is 2.93. The predicted molar refractivity (Wildman–Crippen MR) is 76.3 cm³/mol. The van der Waals surface area contributed by atoms with E-state index < -0.39 is 0 Å². The van der Waals surface area contributed by atoms with Gasteiger partial charge in [0.05, 0.1) is 11.2 Å². The van der Waals surface area contributed by atoms with E-state index in [0.717, 1.165) is 12.2 Å². The summed E-state index contributed by atoms with van der Waals surface area (Å²) in [5, 5.41) is 6.98. The molecule has 0 spiro atoms. The summed E-state index contributed by atoms with van der Waals surface area (Å²) in [5.41, 5.74) is 5.46. The van der Waals surface area contributed by atoms with Gasteiger partial charge in [0.1, 0.15) is 0 Å². The largest absolute Gasteiger partial charge is 0.357 e. The molecule has 2 heterocycles. The number of carbonyl (C=O) groups is 1. The zero-order chi connectivity index (χ0) is 13.8. The minimum absolute atomic E-state index is 0.0394. The minimum Gasteiger partial charge on any atom is -0.357 e. The van der Waals surface area contributed by atoms with Crippen LogP contribution < -0.4 is 5.32 Å². The predicted octanol–water partition coefficient (Wildman–Crippen LogP) is 2.27. The van der Waals surface area contributed by atoms with Crippen LogP contribution in [0.3, 0.4) is 0 Å². The van der Waals surface area contributed by atoms with Crippen molar-refractivity contribution >= 4 is 11.4 Å². The van der Waals surface area contributed by atoms with E-state index >= 15 is 0 Å². The maximum absolute atomic E-state index is 9.93. The summed E-state index contributed by atoms with van der Waals surface area (Å²) in [6, 6.07) is 4.39. The molecule has 1 amide bonds. The molecule has 0 unspecified atom stereocenters. The topological polar surface area (TPSA) is 46.4 Å². The molecule has 0 atom stereocenters. The lowest BCUT2D eigenvalue weighted by Gasteiger charge is -2.00. The molecule has 3 rings (SSSR count). The number of fused-ring (bicyclic) bond motifs is 3. The van der Waals surface area contributed by atoms with Crippen molar-refractivity contribution in [2.45, 2.75) is 40.0 Å². The van der Waals surface area contributed by atoms with Crippen LogP contribution in [-0.4, -0.2) is 22.1 Å². The third kappa shape index (κ3) is 3.13. The number of nitrogens with one attached hydrogen (secondary N) is 1. The Bertz CT molecular complexity index is 586. The first-order chi connectivity index (χ1) is 9.11. The Morgan fingerprint density at radius 2 is 2.26 bits per heavy atom. The molecule has 1 aliphatic rings. The number of hydrogen-bond acceptors (Lipinski definition) is 2. The van der Waals surface area contributed by atoms with Crippen LogP contribution in [0.2, 0.25) is 0 Å². The molecule has 4 heteroatoms. The molecule has 19 heavy (non-hydrogen) atoms. The molecule has 2 aromatic heterocycles. The molecule has 0 saturated carbocycles. The van der Waals surface area contributed by atoms with Gasteiger partial charge < -0.3 is 5.32 Å². The van der Waals surface area contributed by atoms with Crippen LogP contribution in [0.1, 0.15) is 37.1 Å². The van der Waals surface area contributed by atoms with Gasteiger partial charge in [-0.3, -0.25) is 4.79 Å². The van der Waals surface area contributed by atoms with Gasteiger partial charge in [0.15, 0.2) is 0 Å². The molecule has 1 N–H and O–H groups in total. The average molecular weight is 259 g/mol. The Morgan fingerprint density at radius 3 is 2.89 bits per heavy atom. The number of carbonyl (C=O) groups excluding carboxylic acids is 1. The maximum Gasteiger partial charge on any atom is 0.216 e. The van der Waals surface area contributed by atoms with E-state index in [2.05, 4.69) is 28.7 Å². The Morgan fingerprint density at radius 1 is 1.47 bits per heavy atom. The fraction of sp³-hybridized carbons (Fsp3) is 0.467. The molecular formula is C15H21N3O. The maximum atomic E-state index is 9.93. The van der Waals surface area contributed by atoms with Gasteiger partial charge in [-0.1, -0.05) is 0 Å². The summed E-state index contributed by atoms with van der Waals surface area (Å²) in [6.45, 7) is 6.18. The third-order valence-corrected chi connectivity index (χ3v) is 3.27. The summed E-state index contributed by atoms with van der Waals surface area (Å²) in [6.07, 6.45) is 5.85. The molecule has 0 fully saturated rings. The Balaban J connectivity index is 0.000000192. The highest BCUT2D eigenvalue weighted by Gasteiger charge is 2.14. The van der Waals surface area contributed by atoms with Gasteiger partial charge in [0.2, 0.25) is 5.91 Å².